The van der Waals surface area contributed by atoms with Crippen LogP contribution in [0.4, 0.5) is 0 Å². The lowest BCUT2D eigenvalue weighted by atomic mass is 10.3. The van der Waals surface area contributed by atoms with Gasteiger partial charge in [-0.15, -0.1) is 0 Å². The number of hydrogen-bond acceptors (Lipinski definition) is 2. The van der Waals surface area contributed by atoms with Gasteiger partial charge in [-0.05, 0) is 6.07 Å². The van der Waals surface area contributed by atoms with Crippen molar-refractivity contribution in [3.05, 3.63) is 18.0 Å². The summed E-state index contributed by atoms with van der Waals surface area (Å²) in [7, 11) is 0. The van der Waals surface area contributed by atoms with Crippen LogP contribution >= 0.6 is 12.2 Å². The maximum Gasteiger partial charge on any atom is 0.0972 e. The molecule has 0 amide bonds. The highest BCUT2D eigenvalue weighted by molar-refractivity contribution is 7.80. The molecule has 0 radical (unpaired) electrons. The van der Waals surface area contributed by atoms with Crippen LogP contribution in [-0.2, 0) is 13.0 Å². The molecule has 4 heteroatoms. The van der Waals surface area contributed by atoms with E-state index >= 15 is 0 Å². The molecule has 1 N–H and O–H groups in total. The number of hydrogen-bond donors (Lipinski definition) is 1. The minimum Gasteiger partial charge on any atom is -0.378 e. The van der Waals surface area contributed by atoms with E-state index in [0.717, 1.165) is 24.5 Å². The Morgan fingerprint density at radius 1 is 1.64 bits per heavy atom. The fourth-order valence-electron chi connectivity index (χ4n) is 1.24. The van der Waals surface area contributed by atoms with Crippen LogP contribution in [0.2, 0.25) is 0 Å². The van der Waals surface area contributed by atoms with Gasteiger partial charge in [0.05, 0.1) is 11.5 Å². The zero-order valence-electron chi connectivity index (χ0n) is 6.08. The van der Waals surface area contributed by atoms with Gasteiger partial charge in [-0.1, -0.05) is 12.2 Å². The van der Waals surface area contributed by atoms with Crippen molar-refractivity contribution in [3.8, 4) is 0 Å². The molecule has 0 saturated heterocycles. The minimum absolute atomic E-state index is 0.734. The van der Waals surface area contributed by atoms with Crippen molar-refractivity contribution in [2.24, 2.45) is 0 Å². The van der Waals surface area contributed by atoms with Crippen LogP contribution in [0.1, 0.15) is 5.69 Å². The first-order chi connectivity index (χ1) is 5.36. The van der Waals surface area contributed by atoms with Gasteiger partial charge in [0.15, 0.2) is 0 Å². The maximum absolute atomic E-state index is 5.06. The van der Waals surface area contributed by atoms with Gasteiger partial charge in [0.1, 0.15) is 0 Å². The topological polar surface area (TPSA) is 29.9 Å². The number of thiocarbonyl (C=S) groups is 1. The molecule has 3 nitrogen and oxygen atoms in total. The van der Waals surface area contributed by atoms with Gasteiger partial charge >= 0.3 is 0 Å². The summed E-state index contributed by atoms with van der Waals surface area (Å²) in [6.07, 6.45) is 2.84. The number of aromatic nitrogens is 2. The minimum atomic E-state index is 0.734. The summed E-state index contributed by atoms with van der Waals surface area (Å²) >= 11 is 5.06. The Bertz CT molecular complexity index is 279. The fraction of sp³-hybridized carbons (Fsp3) is 0.429. The lowest BCUT2D eigenvalue weighted by molar-refractivity contribution is 0.694. The molecule has 1 aromatic heterocycles. The molecule has 2 heterocycles. The van der Waals surface area contributed by atoms with Gasteiger partial charge in [-0.25, -0.2) is 0 Å². The average Bonchev–Trinajstić information content (AvgIpc) is 2.31. The summed E-state index contributed by atoms with van der Waals surface area (Å²) in [5, 5.41) is 7.30. The van der Waals surface area contributed by atoms with Gasteiger partial charge in [0, 0.05) is 24.9 Å². The lowest BCUT2D eigenvalue weighted by Gasteiger charge is -2.00. The van der Waals surface area contributed by atoms with Crippen LogP contribution < -0.4 is 5.32 Å². The Hall–Kier alpha value is -0.900. The quantitative estimate of drug-likeness (QED) is 0.566. The van der Waals surface area contributed by atoms with Crippen molar-refractivity contribution in [2.45, 2.75) is 13.0 Å². The van der Waals surface area contributed by atoms with E-state index in [1.165, 1.54) is 5.69 Å². The molecule has 0 bridgehead atoms. The second kappa shape index (κ2) is 2.62. The summed E-state index contributed by atoms with van der Waals surface area (Å²) in [6.45, 7) is 1.67. The highest BCUT2D eigenvalue weighted by Gasteiger charge is 2.08. The summed E-state index contributed by atoms with van der Waals surface area (Å²) < 4.78 is 1.95. The van der Waals surface area contributed by atoms with Crippen LogP contribution in [0.3, 0.4) is 0 Å². The maximum atomic E-state index is 5.06. The van der Waals surface area contributed by atoms with Crippen molar-refractivity contribution in [3.63, 3.8) is 0 Å². The SMILES string of the molecule is S=C1Cn2nccc2CCN1. The molecular weight excluding hydrogens is 158 g/mol. The molecule has 1 aliphatic heterocycles. The van der Waals surface area contributed by atoms with Crippen LogP contribution in [0.5, 0.6) is 0 Å². The first-order valence-electron chi connectivity index (χ1n) is 3.63. The highest BCUT2D eigenvalue weighted by atomic mass is 32.1. The van der Waals surface area contributed by atoms with E-state index in [-0.39, 0.29) is 0 Å². The first kappa shape index (κ1) is 6.79. The molecule has 0 unspecified atom stereocenters. The monoisotopic (exact) mass is 167 g/mol. The van der Waals surface area contributed by atoms with Gasteiger partial charge < -0.3 is 5.32 Å². The predicted octanol–water partition coefficient (Wildman–Crippen LogP) is 0.356. The van der Waals surface area contributed by atoms with Crippen LogP contribution in [0.25, 0.3) is 0 Å². The summed E-state index contributed by atoms with van der Waals surface area (Å²) in [5.41, 5.74) is 1.26. The number of fused-ring (bicyclic) bond motifs is 1. The predicted molar refractivity (Wildman–Crippen MR) is 46.5 cm³/mol. The zero-order valence-corrected chi connectivity index (χ0v) is 6.90. The Morgan fingerprint density at radius 3 is 3.45 bits per heavy atom. The molecule has 0 spiro atoms. The van der Waals surface area contributed by atoms with Crippen molar-refractivity contribution in [1.29, 1.82) is 0 Å². The number of rotatable bonds is 0. The van der Waals surface area contributed by atoms with Gasteiger partial charge in [0.2, 0.25) is 0 Å². The van der Waals surface area contributed by atoms with Crippen LogP contribution in [-0.4, -0.2) is 21.3 Å². The molecule has 2 rings (SSSR count). The summed E-state index contributed by atoms with van der Waals surface area (Å²) in [4.78, 5) is 0.882. The van der Waals surface area contributed by atoms with Gasteiger partial charge in [-0.2, -0.15) is 5.10 Å². The molecule has 0 aliphatic carbocycles. The molecule has 0 fully saturated rings. The normalized spacial score (nSPS) is 16.9. The van der Waals surface area contributed by atoms with Crippen molar-refractivity contribution >= 4 is 17.2 Å². The third-order valence-corrected chi connectivity index (χ3v) is 2.07. The summed E-state index contributed by atoms with van der Waals surface area (Å²) in [5.74, 6) is 0. The van der Waals surface area contributed by atoms with Gasteiger partial charge in [-0.3, -0.25) is 4.68 Å². The van der Waals surface area contributed by atoms with Crippen LogP contribution in [0.15, 0.2) is 12.3 Å². The zero-order chi connectivity index (χ0) is 7.68. The number of nitrogens with zero attached hydrogens (tertiary/aromatic N) is 2. The molecule has 0 saturated carbocycles. The highest BCUT2D eigenvalue weighted by Crippen LogP contribution is 2.02. The van der Waals surface area contributed by atoms with E-state index < -0.39 is 0 Å². The second-order valence-electron chi connectivity index (χ2n) is 2.58. The van der Waals surface area contributed by atoms with E-state index in [2.05, 4.69) is 10.4 Å². The Kier molecular flexibility index (Phi) is 1.62. The van der Waals surface area contributed by atoms with E-state index in [9.17, 15) is 0 Å². The second-order valence-corrected chi connectivity index (χ2v) is 3.07. The van der Waals surface area contributed by atoms with E-state index in [1.807, 2.05) is 16.9 Å². The largest absolute Gasteiger partial charge is 0.378 e. The first-order valence-corrected chi connectivity index (χ1v) is 4.04. The molecule has 1 aromatic rings. The number of nitrogens with one attached hydrogen (secondary N) is 1. The van der Waals surface area contributed by atoms with Crippen molar-refractivity contribution in [2.75, 3.05) is 6.54 Å². The molecular formula is C7H9N3S. The Morgan fingerprint density at radius 2 is 2.55 bits per heavy atom. The van der Waals surface area contributed by atoms with Crippen LogP contribution in [0, 0.1) is 0 Å². The van der Waals surface area contributed by atoms with Crippen molar-refractivity contribution in [1.82, 2.24) is 15.1 Å². The smallest absolute Gasteiger partial charge is 0.0972 e. The fourth-order valence-corrected chi connectivity index (χ4v) is 1.46. The van der Waals surface area contributed by atoms with Crippen molar-refractivity contribution < 1.29 is 0 Å². The average molecular weight is 167 g/mol. The molecule has 11 heavy (non-hydrogen) atoms. The summed E-state index contributed by atoms with van der Waals surface area (Å²) in [6, 6.07) is 2.04. The Balaban J connectivity index is 2.32. The van der Waals surface area contributed by atoms with E-state index in [0.29, 0.717) is 0 Å². The third-order valence-electron chi connectivity index (χ3n) is 1.80. The lowest BCUT2D eigenvalue weighted by Crippen LogP contribution is -2.23. The van der Waals surface area contributed by atoms with E-state index in [4.69, 9.17) is 12.2 Å². The van der Waals surface area contributed by atoms with Gasteiger partial charge in [0.25, 0.3) is 0 Å². The molecule has 0 aromatic carbocycles. The molecule has 58 valence electrons. The standard InChI is InChI=1S/C7H9N3S/c11-7-5-10-6(1-3-8-7)2-4-9-10/h2,4H,1,3,5H2,(H,8,11). The van der Waals surface area contributed by atoms with E-state index in [1.54, 1.807) is 0 Å². The Labute approximate surface area is 70.4 Å². The third kappa shape index (κ3) is 1.26. The molecule has 0 atom stereocenters. The molecule has 1 aliphatic rings.